The molecule has 1 unspecified atom stereocenters. The van der Waals surface area contributed by atoms with Crippen LogP contribution in [0.3, 0.4) is 0 Å². The molecule has 6 nitrogen and oxygen atoms in total. The van der Waals surface area contributed by atoms with Crippen LogP contribution < -0.4 is 9.64 Å². The molecule has 1 aromatic carbocycles. The second kappa shape index (κ2) is 7.97. The van der Waals surface area contributed by atoms with Gasteiger partial charge in [-0.3, -0.25) is 4.90 Å². The minimum atomic E-state index is -0.467. The summed E-state index contributed by atoms with van der Waals surface area (Å²) in [6, 6.07) is 6.68. The lowest BCUT2D eigenvalue weighted by Gasteiger charge is -2.40. The molecule has 1 fully saturated rings. The highest BCUT2D eigenvalue weighted by Crippen LogP contribution is 2.30. The van der Waals surface area contributed by atoms with E-state index in [2.05, 4.69) is 41.8 Å². The van der Waals surface area contributed by atoms with Gasteiger partial charge in [0.1, 0.15) is 18.0 Å². The molecule has 1 aromatic rings. The fourth-order valence-electron chi connectivity index (χ4n) is 3.77. The molecule has 150 valence electrons. The molecule has 3 rings (SSSR count). The Morgan fingerprint density at radius 2 is 2.00 bits per heavy atom. The van der Waals surface area contributed by atoms with Crippen molar-refractivity contribution in [1.29, 1.82) is 0 Å². The van der Waals surface area contributed by atoms with Crippen LogP contribution in [0.4, 0.5) is 10.5 Å². The molecule has 0 bridgehead atoms. The molecule has 1 amide bonds. The Hall–Kier alpha value is -1.95. The first-order chi connectivity index (χ1) is 12.8. The van der Waals surface area contributed by atoms with Crippen LogP contribution in [0.25, 0.3) is 0 Å². The maximum Gasteiger partial charge on any atom is 0.410 e. The first-order valence-corrected chi connectivity index (χ1v) is 10.0. The molecule has 1 atom stereocenters. The predicted molar refractivity (Wildman–Crippen MR) is 108 cm³/mol. The van der Waals surface area contributed by atoms with E-state index in [1.165, 1.54) is 11.3 Å². The van der Waals surface area contributed by atoms with Gasteiger partial charge in [-0.05, 0) is 52.8 Å². The molecule has 6 heteroatoms. The number of nitrogens with zero attached hydrogens (tertiary/aromatic N) is 3. The van der Waals surface area contributed by atoms with E-state index in [-0.39, 0.29) is 12.1 Å². The van der Waals surface area contributed by atoms with E-state index < -0.39 is 5.60 Å². The fourth-order valence-corrected chi connectivity index (χ4v) is 3.77. The summed E-state index contributed by atoms with van der Waals surface area (Å²) in [4.78, 5) is 19.0. The van der Waals surface area contributed by atoms with Crippen molar-refractivity contribution in [3.8, 4) is 5.75 Å². The van der Waals surface area contributed by atoms with Crippen LogP contribution in [0.1, 0.15) is 40.2 Å². The molecule has 2 aliphatic heterocycles. The summed E-state index contributed by atoms with van der Waals surface area (Å²) in [5.74, 6) is 0.962. The summed E-state index contributed by atoms with van der Waals surface area (Å²) in [5.41, 5.74) is 2.01. The van der Waals surface area contributed by atoms with Crippen LogP contribution in [0.15, 0.2) is 18.2 Å². The largest absolute Gasteiger partial charge is 0.492 e. The van der Waals surface area contributed by atoms with E-state index in [1.54, 1.807) is 0 Å². The normalized spacial score (nSPS) is 20.2. The number of hydrogen-bond donors (Lipinski definition) is 0. The second-order valence-corrected chi connectivity index (χ2v) is 8.33. The maximum atomic E-state index is 12.4. The smallest absolute Gasteiger partial charge is 0.410 e. The number of piperazine rings is 1. The van der Waals surface area contributed by atoms with Crippen LogP contribution in [-0.4, -0.2) is 66.9 Å². The number of anilines is 1. The number of rotatable bonds is 3. The Morgan fingerprint density at radius 3 is 2.67 bits per heavy atom. The van der Waals surface area contributed by atoms with Crippen LogP contribution in [0.5, 0.6) is 5.75 Å². The van der Waals surface area contributed by atoms with Crippen molar-refractivity contribution in [2.45, 2.75) is 52.8 Å². The van der Waals surface area contributed by atoms with Crippen molar-refractivity contribution in [2.75, 3.05) is 44.2 Å². The molecular weight excluding hydrogens is 342 g/mol. The lowest BCUT2D eigenvalue weighted by molar-refractivity contribution is -0.00154. The molecule has 0 aliphatic carbocycles. The van der Waals surface area contributed by atoms with E-state index in [1.807, 2.05) is 25.7 Å². The van der Waals surface area contributed by atoms with Crippen molar-refractivity contribution in [3.05, 3.63) is 23.8 Å². The van der Waals surface area contributed by atoms with Gasteiger partial charge < -0.3 is 19.3 Å². The summed E-state index contributed by atoms with van der Waals surface area (Å²) < 4.78 is 11.6. The van der Waals surface area contributed by atoms with Crippen molar-refractivity contribution in [3.63, 3.8) is 0 Å². The van der Waals surface area contributed by atoms with Gasteiger partial charge in [0.15, 0.2) is 0 Å². The van der Waals surface area contributed by atoms with E-state index in [9.17, 15) is 4.79 Å². The SMILES string of the molecule is CCN(CC)c1ccc2c(c1)CN1CCN(C(=O)OC(C)(C)C)CC1CO2. The summed E-state index contributed by atoms with van der Waals surface area (Å²) >= 11 is 0. The van der Waals surface area contributed by atoms with Gasteiger partial charge >= 0.3 is 6.09 Å². The molecule has 0 N–H and O–H groups in total. The van der Waals surface area contributed by atoms with Gasteiger partial charge in [-0.15, -0.1) is 0 Å². The lowest BCUT2D eigenvalue weighted by atomic mass is 10.1. The number of amides is 1. The zero-order valence-electron chi connectivity index (χ0n) is 17.3. The van der Waals surface area contributed by atoms with Gasteiger partial charge in [-0.2, -0.15) is 0 Å². The minimum absolute atomic E-state index is 0.190. The van der Waals surface area contributed by atoms with Crippen LogP contribution in [0.2, 0.25) is 0 Å². The summed E-state index contributed by atoms with van der Waals surface area (Å²) in [6.45, 7) is 15.7. The zero-order chi connectivity index (χ0) is 19.6. The fraction of sp³-hybridized carbons (Fsp3) is 0.667. The van der Waals surface area contributed by atoms with Gasteiger partial charge in [0, 0.05) is 50.5 Å². The number of carbonyl (C=O) groups excluding carboxylic acids is 1. The average Bonchev–Trinajstić information content (AvgIpc) is 2.79. The van der Waals surface area contributed by atoms with Gasteiger partial charge in [0.25, 0.3) is 0 Å². The molecule has 2 aliphatic rings. The highest BCUT2D eigenvalue weighted by Gasteiger charge is 2.34. The Kier molecular flexibility index (Phi) is 5.84. The average molecular weight is 376 g/mol. The highest BCUT2D eigenvalue weighted by molar-refractivity contribution is 5.68. The Morgan fingerprint density at radius 1 is 1.26 bits per heavy atom. The second-order valence-electron chi connectivity index (χ2n) is 8.33. The van der Waals surface area contributed by atoms with Crippen molar-refractivity contribution in [1.82, 2.24) is 9.80 Å². The molecule has 0 saturated carbocycles. The Balaban J connectivity index is 1.70. The number of hydrogen-bond acceptors (Lipinski definition) is 5. The minimum Gasteiger partial charge on any atom is -0.492 e. The van der Waals surface area contributed by atoms with Crippen LogP contribution in [-0.2, 0) is 11.3 Å². The predicted octanol–water partition coefficient (Wildman–Crippen LogP) is 3.35. The maximum absolute atomic E-state index is 12.4. The third-order valence-corrected chi connectivity index (χ3v) is 5.23. The van der Waals surface area contributed by atoms with E-state index >= 15 is 0 Å². The van der Waals surface area contributed by atoms with Crippen LogP contribution >= 0.6 is 0 Å². The molecule has 0 aromatic heterocycles. The molecule has 27 heavy (non-hydrogen) atoms. The molecule has 0 spiro atoms. The third kappa shape index (κ3) is 4.67. The van der Waals surface area contributed by atoms with E-state index in [0.29, 0.717) is 19.7 Å². The first kappa shape index (κ1) is 19.8. The molecule has 0 radical (unpaired) electrons. The first-order valence-electron chi connectivity index (χ1n) is 10.0. The van der Waals surface area contributed by atoms with Crippen LogP contribution in [0, 0.1) is 0 Å². The summed E-state index contributed by atoms with van der Waals surface area (Å²) in [5, 5.41) is 0. The van der Waals surface area contributed by atoms with Crippen molar-refractivity contribution >= 4 is 11.8 Å². The third-order valence-electron chi connectivity index (χ3n) is 5.23. The zero-order valence-corrected chi connectivity index (χ0v) is 17.3. The summed E-state index contributed by atoms with van der Waals surface area (Å²) in [7, 11) is 0. The molecule has 2 heterocycles. The number of benzene rings is 1. The topological polar surface area (TPSA) is 45.2 Å². The van der Waals surface area contributed by atoms with Gasteiger partial charge in [0.05, 0.1) is 6.04 Å². The molecular formula is C21H33N3O3. The standard InChI is InChI=1S/C21H33N3O3/c1-6-22(7-2)17-8-9-19-16(12-17)13-23-10-11-24(14-18(23)15-26-19)20(25)27-21(3,4)5/h8-9,12,18H,6-7,10-11,13-15H2,1-5H3. The number of carbonyl (C=O) groups is 1. The van der Waals surface area contributed by atoms with E-state index in [4.69, 9.17) is 9.47 Å². The number of ether oxygens (including phenoxy) is 2. The highest BCUT2D eigenvalue weighted by atomic mass is 16.6. The van der Waals surface area contributed by atoms with Crippen molar-refractivity contribution in [2.24, 2.45) is 0 Å². The summed E-state index contributed by atoms with van der Waals surface area (Å²) in [6.07, 6.45) is -0.229. The van der Waals surface area contributed by atoms with Gasteiger partial charge in [0.2, 0.25) is 0 Å². The van der Waals surface area contributed by atoms with E-state index in [0.717, 1.165) is 31.9 Å². The lowest BCUT2D eigenvalue weighted by Crippen LogP contribution is -2.56. The molecule has 1 saturated heterocycles. The quantitative estimate of drug-likeness (QED) is 0.811. The van der Waals surface area contributed by atoms with Gasteiger partial charge in [-0.1, -0.05) is 0 Å². The monoisotopic (exact) mass is 375 g/mol. The Labute approximate surface area is 163 Å². The Bertz CT molecular complexity index is 667. The van der Waals surface area contributed by atoms with Gasteiger partial charge in [-0.25, -0.2) is 4.79 Å². The number of fused-ring (bicyclic) bond motifs is 2. The van der Waals surface area contributed by atoms with Crippen molar-refractivity contribution < 1.29 is 14.3 Å².